The van der Waals surface area contributed by atoms with Crippen molar-refractivity contribution in [2.24, 2.45) is 0 Å². The molecule has 1 fully saturated rings. The van der Waals surface area contributed by atoms with E-state index in [1.54, 1.807) is 18.6 Å². The van der Waals surface area contributed by atoms with Crippen LogP contribution >= 0.6 is 0 Å². The molecule has 31 heavy (non-hydrogen) atoms. The molecule has 0 aliphatic carbocycles. The van der Waals surface area contributed by atoms with E-state index in [9.17, 15) is 4.79 Å². The van der Waals surface area contributed by atoms with Crippen LogP contribution in [-0.2, 0) is 0 Å². The lowest BCUT2D eigenvalue weighted by atomic mass is 9.99. The normalized spacial score (nSPS) is 18.8. The van der Waals surface area contributed by atoms with Gasteiger partial charge < -0.3 is 9.64 Å². The van der Waals surface area contributed by atoms with Gasteiger partial charge in [0.25, 0.3) is 5.91 Å². The van der Waals surface area contributed by atoms with Crippen molar-refractivity contribution in [1.29, 1.82) is 0 Å². The summed E-state index contributed by atoms with van der Waals surface area (Å²) in [5.74, 6) is 0.718. The second-order valence-electron chi connectivity index (χ2n) is 7.79. The maximum atomic E-state index is 13.5. The fraction of sp³-hybridized carbons (Fsp3) is 0.250. The summed E-state index contributed by atoms with van der Waals surface area (Å²) in [6, 6.07) is 17.4. The monoisotopic (exact) mass is 413 g/mol. The fourth-order valence-electron chi connectivity index (χ4n) is 4.13. The second kappa shape index (κ2) is 8.18. The molecule has 1 amide bonds. The van der Waals surface area contributed by atoms with Crippen molar-refractivity contribution in [2.45, 2.75) is 31.9 Å². The molecule has 4 aromatic rings. The molecule has 0 spiro atoms. The van der Waals surface area contributed by atoms with Crippen molar-refractivity contribution in [1.82, 2.24) is 24.9 Å². The number of piperidine rings is 1. The van der Waals surface area contributed by atoms with Crippen molar-refractivity contribution >= 4 is 16.8 Å². The first kappa shape index (κ1) is 19.2. The van der Waals surface area contributed by atoms with Crippen LogP contribution in [0.3, 0.4) is 0 Å². The number of hydrogen-bond donors (Lipinski definition) is 0. The van der Waals surface area contributed by atoms with Crippen LogP contribution in [0.4, 0.5) is 0 Å². The Morgan fingerprint density at radius 2 is 1.77 bits per heavy atom. The Balaban J connectivity index is 1.40. The highest BCUT2D eigenvalue weighted by Gasteiger charge is 2.32. The molecule has 0 N–H and O–H groups in total. The molecule has 3 heterocycles. The van der Waals surface area contributed by atoms with Gasteiger partial charge in [-0.15, -0.1) is 0 Å². The quantitative estimate of drug-likeness (QED) is 0.508. The molecular formula is C24H23N5O2. The van der Waals surface area contributed by atoms with Gasteiger partial charge in [-0.1, -0.05) is 30.3 Å². The van der Waals surface area contributed by atoms with Gasteiger partial charge in [-0.3, -0.25) is 9.78 Å². The number of pyridine rings is 1. The molecule has 0 saturated carbocycles. The third-order valence-corrected chi connectivity index (χ3v) is 5.76. The van der Waals surface area contributed by atoms with Crippen LogP contribution in [-0.4, -0.2) is 49.5 Å². The lowest BCUT2D eigenvalue weighted by molar-refractivity contribution is 0.0387. The molecule has 1 aliphatic heterocycles. The second-order valence-corrected chi connectivity index (χ2v) is 7.79. The van der Waals surface area contributed by atoms with Crippen LogP contribution in [0, 0.1) is 0 Å². The number of benzene rings is 2. The molecule has 1 saturated heterocycles. The van der Waals surface area contributed by atoms with Crippen molar-refractivity contribution in [2.75, 3.05) is 6.54 Å². The SMILES string of the molecule is C[C@H]1CC[C@@H](Oc2cccc3cccnc23)CN1C(=O)c1ccccc1-n1nccn1. The van der Waals surface area contributed by atoms with Crippen LogP contribution in [0.15, 0.2) is 73.2 Å². The number of likely N-dealkylation sites (tertiary alicyclic amines) is 1. The number of ether oxygens (including phenoxy) is 1. The molecule has 7 nitrogen and oxygen atoms in total. The number of amides is 1. The van der Waals surface area contributed by atoms with Gasteiger partial charge in [0.2, 0.25) is 0 Å². The maximum absolute atomic E-state index is 13.5. The number of hydrogen-bond acceptors (Lipinski definition) is 5. The Morgan fingerprint density at radius 3 is 2.65 bits per heavy atom. The Kier molecular flexibility index (Phi) is 5.08. The first-order valence-electron chi connectivity index (χ1n) is 10.5. The summed E-state index contributed by atoms with van der Waals surface area (Å²) in [7, 11) is 0. The van der Waals surface area contributed by atoms with E-state index in [4.69, 9.17) is 4.74 Å². The molecular weight excluding hydrogens is 390 g/mol. The summed E-state index contributed by atoms with van der Waals surface area (Å²) in [6.45, 7) is 2.60. The maximum Gasteiger partial charge on any atom is 0.256 e. The summed E-state index contributed by atoms with van der Waals surface area (Å²) >= 11 is 0. The standard InChI is InChI=1S/C24H23N5O2/c1-17-11-12-19(31-22-10-4-6-18-7-5-13-25-23(18)22)16-28(17)24(30)20-8-2-3-9-21(20)29-26-14-15-27-29/h2-10,13-15,17,19H,11-12,16H2,1H3/t17-,19+/m0/s1. The van der Waals surface area contributed by atoms with Crippen LogP contribution in [0.5, 0.6) is 5.75 Å². The van der Waals surface area contributed by atoms with Gasteiger partial charge in [0.15, 0.2) is 0 Å². The van der Waals surface area contributed by atoms with Crippen LogP contribution < -0.4 is 4.74 Å². The average molecular weight is 413 g/mol. The van der Waals surface area contributed by atoms with Gasteiger partial charge in [0.05, 0.1) is 30.2 Å². The topological polar surface area (TPSA) is 73.1 Å². The van der Waals surface area contributed by atoms with Crippen LogP contribution in [0.2, 0.25) is 0 Å². The molecule has 0 bridgehead atoms. The molecule has 2 aromatic heterocycles. The zero-order valence-electron chi connectivity index (χ0n) is 17.3. The number of nitrogens with zero attached hydrogens (tertiary/aromatic N) is 5. The Bertz CT molecular complexity index is 1200. The van der Waals surface area contributed by atoms with E-state index in [0.717, 1.165) is 29.5 Å². The van der Waals surface area contributed by atoms with Crippen molar-refractivity contribution in [3.05, 3.63) is 78.8 Å². The molecule has 5 rings (SSSR count). The minimum absolute atomic E-state index is 0.0373. The van der Waals surface area contributed by atoms with Gasteiger partial charge in [-0.2, -0.15) is 15.0 Å². The Hall–Kier alpha value is -3.74. The average Bonchev–Trinajstić information content (AvgIpc) is 3.35. The first-order chi connectivity index (χ1) is 15.2. The molecule has 2 aromatic carbocycles. The fourth-order valence-corrected chi connectivity index (χ4v) is 4.13. The predicted octanol–water partition coefficient (Wildman–Crippen LogP) is 3.89. The third-order valence-electron chi connectivity index (χ3n) is 5.76. The van der Waals surface area contributed by atoms with Gasteiger partial charge in [0.1, 0.15) is 17.4 Å². The summed E-state index contributed by atoms with van der Waals surface area (Å²) in [6.07, 6.45) is 6.64. The lowest BCUT2D eigenvalue weighted by Gasteiger charge is -2.38. The Labute approximate surface area is 180 Å². The molecule has 156 valence electrons. The summed E-state index contributed by atoms with van der Waals surface area (Å²) < 4.78 is 6.35. The zero-order valence-corrected chi connectivity index (χ0v) is 17.3. The highest BCUT2D eigenvalue weighted by atomic mass is 16.5. The van der Waals surface area contributed by atoms with E-state index in [2.05, 4.69) is 22.1 Å². The van der Waals surface area contributed by atoms with E-state index in [-0.39, 0.29) is 18.1 Å². The van der Waals surface area contributed by atoms with Crippen molar-refractivity contribution in [3.63, 3.8) is 0 Å². The van der Waals surface area contributed by atoms with Gasteiger partial charge in [-0.05, 0) is 44.0 Å². The van der Waals surface area contributed by atoms with Gasteiger partial charge in [-0.25, -0.2) is 0 Å². The summed E-state index contributed by atoms with van der Waals surface area (Å²) in [5, 5.41) is 9.43. The first-order valence-corrected chi connectivity index (χ1v) is 10.5. The molecule has 2 atom stereocenters. The number of para-hydroxylation sites is 2. The minimum Gasteiger partial charge on any atom is -0.486 e. The van der Waals surface area contributed by atoms with Crippen molar-refractivity contribution in [3.8, 4) is 11.4 Å². The summed E-state index contributed by atoms with van der Waals surface area (Å²) in [4.78, 5) is 21.4. The lowest BCUT2D eigenvalue weighted by Crippen LogP contribution is -2.49. The number of carbonyl (C=O) groups excluding carboxylic acids is 1. The third kappa shape index (κ3) is 3.74. The minimum atomic E-state index is -0.0947. The summed E-state index contributed by atoms with van der Waals surface area (Å²) in [5.41, 5.74) is 2.10. The van der Waals surface area contributed by atoms with E-state index in [1.807, 2.05) is 59.5 Å². The van der Waals surface area contributed by atoms with Gasteiger partial charge in [0, 0.05) is 17.6 Å². The number of rotatable bonds is 4. The van der Waals surface area contributed by atoms with E-state index in [1.165, 1.54) is 4.80 Å². The zero-order chi connectivity index (χ0) is 21.2. The number of fused-ring (bicyclic) bond motifs is 1. The van der Waals surface area contributed by atoms with E-state index < -0.39 is 0 Å². The Morgan fingerprint density at radius 1 is 0.968 bits per heavy atom. The van der Waals surface area contributed by atoms with Crippen molar-refractivity contribution < 1.29 is 9.53 Å². The highest BCUT2D eigenvalue weighted by Crippen LogP contribution is 2.28. The van der Waals surface area contributed by atoms with Crippen LogP contribution in [0.1, 0.15) is 30.1 Å². The molecule has 0 radical (unpaired) electrons. The van der Waals surface area contributed by atoms with E-state index in [0.29, 0.717) is 17.8 Å². The van der Waals surface area contributed by atoms with Crippen LogP contribution in [0.25, 0.3) is 16.6 Å². The molecule has 0 unspecified atom stereocenters. The number of carbonyl (C=O) groups is 1. The predicted molar refractivity (Wildman–Crippen MR) is 117 cm³/mol. The largest absolute Gasteiger partial charge is 0.486 e. The van der Waals surface area contributed by atoms with Gasteiger partial charge >= 0.3 is 0 Å². The van der Waals surface area contributed by atoms with E-state index >= 15 is 0 Å². The molecule has 7 heteroatoms. The number of aromatic nitrogens is 4. The smallest absolute Gasteiger partial charge is 0.256 e. The highest BCUT2D eigenvalue weighted by molar-refractivity contribution is 5.98. The molecule has 1 aliphatic rings.